The fourth-order valence-electron chi connectivity index (χ4n) is 5.64. The Balaban J connectivity index is 1.87. The summed E-state index contributed by atoms with van der Waals surface area (Å²) in [5.74, 6) is 0.651. The van der Waals surface area contributed by atoms with Gasteiger partial charge in [-0.1, -0.05) is 32.4 Å². The maximum Gasteiger partial charge on any atom is 0.333 e. The Labute approximate surface area is 151 Å². The standard InChI is InChI=1S/C21H32O4/c1-13-7-6-8-17-20(13,3)10-9-14(2)21(17,4)12-16(22)15-11-18(23)25-19(15)24-5/h7,11,14,16-17,19,22H,6,8-10,12H2,1-5H3/t14-,16+,17+,19+,20+,21+/m1/s1. The predicted octanol–water partition coefficient (Wildman–Crippen LogP) is 3.99. The van der Waals surface area contributed by atoms with E-state index in [1.54, 1.807) is 0 Å². The maximum absolute atomic E-state index is 11.6. The van der Waals surface area contributed by atoms with Crippen molar-refractivity contribution in [3.63, 3.8) is 0 Å². The van der Waals surface area contributed by atoms with Gasteiger partial charge in [0.1, 0.15) is 0 Å². The Morgan fingerprint density at radius 3 is 2.80 bits per heavy atom. The fraction of sp³-hybridized carbons (Fsp3) is 0.762. The fourth-order valence-corrected chi connectivity index (χ4v) is 5.64. The number of cyclic esters (lactones) is 1. The summed E-state index contributed by atoms with van der Waals surface area (Å²) in [6, 6.07) is 0. The van der Waals surface area contributed by atoms with E-state index >= 15 is 0 Å². The van der Waals surface area contributed by atoms with E-state index in [2.05, 4.69) is 33.8 Å². The van der Waals surface area contributed by atoms with Gasteiger partial charge in [0.25, 0.3) is 0 Å². The van der Waals surface area contributed by atoms with E-state index in [1.807, 2.05) is 0 Å². The summed E-state index contributed by atoms with van der Waals surface area (Å²) in [4.78, 5) is 11.6. The minimum atomic E-state index is -0.746. The molecule has 25 heavy (non-hydrogen) atoms. The van der Waals surface area contributed by atoms with Crippen LogP contribution in [0.3, 0.4) is 0 Å². The third kappa shape index (κ3) is 2.97. The van der Waals surface area contributed by atoms with Crippen molar-refractivity contribution in [2.45, 2.75) is 72.2 Å². The third-order valence-electron chi connectivity index (χ3n) is 7.61. The number of ether oxygens (including phenoxy) is 2. The molecule has 0 aromatic rings. The molecule has 1 saturated carbocycles. The molecule has 0 saturated heterocycles. The number of carbonyl (C=O) groups is 1. The van der Waals surface area contributed by atoms with Gasteiger partial charge in [0.15, 0.2) is 0 Å². The summed E-state index contributed by atoms with van der Waals surface area (Å²) in [6.45, 7) is 9.32. The van der Waals surface area contributed by atoms with E-state index in [4.69, 9.17) is 9.47 Å². The molecule has 0 unspecified atom stereocenters. The molecule has 0 aromatic heterocycles. The summed E-state index contributed by atoms with van der Waals surface area (Å²) in [6.07, 6.45) is 7.67. The lowest BCUT2D eigenvalue weighted by molar-refractivity contribution is -0.156. The number of hydrogen-bond donors (Lipinski definition) is 1. The molecule has 4 heteroatoms. The smallest absolute Gasteiger partial charge is 0.333 e. The molecule has 0 amide bonds. The molecule has 0 spiro atoms. The zero-order chi connectivity index (χ0) is 18.4. The Morgan fingerprint density at radius 1 is 1.40 bits per heavy atom. The van der Waals surface area contributed by atoms with Gasteiger partial charge < -0.3 is 14.6 Å². The normalized spacial score (nSPS) is 42.3. The van der Waals surface area contributed by atoms with Crippen molar-refractivity contribution >= 4 is 5.97 Å². The summed E-state index contributed by atoms with van der Waals surface area (Å²) < 4.78 is 10.3. The molecule has 140 valence electrons. The van der Waals surface area contributed by atoms with E-state index < -0.39 is 18.4 Å². The summed E-state index contributed by atoms with van der Waals surface area (Å²) in [5, 5.41) is 10.9. The van der Waals surface area contributed by atoms with Crippen LogP contribution < -0.4 is 0 Å². The average Bonchev–Trinajstić information content (AvgIpc) is 2.95. The molecule has 1 aliphatic heterocycles. The molecule has 2 aliphatic carbocycles. The topological polar surface area (TPSA) is 55.8 Å². The first kappa shape index (κ1) is 18.7. The van der Waals surface area contributed by atoms with E-state index in [0.29, 0.717) is 23.8 Å². The lowest BCUT2D eigenvalue weighted by Crippen LogP contribution is -2.51. The van der Waals surface area contributed by atoms with E-state index in [1.165, 1.54) is 38.0 Å². The number of carbonyl (C=O) groups excluding carboxylic acids is 1. The van der Waals surface area contributed by atoms with E-state index in [9.17, 15) is 9.90 Å². The minimum Gasteiger partial charge on any atom is -0.428 e. The molecule has 1 fully saturated rings. The number of hydrogen-bond acceptors (Lipinski definition) is 4. The predicted molar refractivity (Wildman–Crippen MR) is 96.7 cm³/mol. The third-order valence-corrected chi connectivity index (χ3v) is 7.61. The molecule has 1 N–H and O–H groups in total. The second-order valence-electron chi connectivity index (χ2n) is 8.75. The van der Waals surface area contributed by atoms with Gasteiger partial charge in [0.2, 0.25) is 6.29 Å². The van der Waals surface area contributed by atoms with Crippen molar-refractivity contribution in [1.29, 1.82) is 0 Å². The van der Waals surface area contributed by atoms with Gasteiger partial charge in [-0.2, -0.15) is 0 Å². The summed E-state index contributed by atoms with van der Waals surface area (Å²) >= 11 is 0. The Hall–Kier alpha value is -1.13. The van der Waals surface area contributed by atoms with Crippen molar-refractivity contribution in [2.24, 2.45) is 22.7 Å². The summed E-state index contributed by atoms with van der Waals surface area (Å²) in [7, 11) is 1.50. The van der Waals surface area contributed by atoms with E-state index in [-0.39, 0.29) is 10.8 Å². The quantitative estimate of drug-likeness (QED) is 0.616. The monoisotopic (exact) mass is 348 g/mol. The van der Waals surface area contributed by atoms with Crippen LogP contribution in [-0.4, -0.2) is 30.6 Å². The van der Waals surface area contributed by atoms with Crippen molar-refractivity contribution in [3.8, 4) is 0 Å². The molecule has 4 nitrogen and oxygen atoms in total. The Kier molecular flexibility index (Phi) is 4.89. The Morgan fingerprint density at radius 2 is 2.12 bits per heavy atom. The molecule has 6 atom stereocenters. The lowest BCUT2D eigenvalue weighted by Gasteiger charge is -2.58. The molecule has 0 radical (unpaired) electrons. The molecular weight excluding hydrogens is 316 g/mol. The number of fused-ring (bicyclic) bond motifs is 1. The second kappa shape index (κ2) is 6.55. The highest BCUT2D eigenvalue weighted by molar-refractivity contribution is 5.85. The number of aliphatic hydroxyl groups excluding tert-OH is 1. The van der Waals surface area contributed by atoms with Crippen LogP contribution in [0, 0.1) is 22.7 Å². The van der Waals surface area contributed by atoms with Gasteiger partial charge in [-0.15, -0.1) is 0 Å². The van der Waals surface area contributed by atoms with E-state index in [0.717, 1.165) is 6.42 Å². The second-order valence-corrected chi connectivity index (χ2v) is 8.75. The van der Waals surface area contributed by atoms with Crippen molar-refractivity contribution < 1.29 is 19.4 Å². The van der Waals surface area contributed by atoms with Crippen molar-refractivity contribution in [2.75, 3.05) is 7.11 Å². The zero-order valence-corrected chi connectivity index (χ0v) is 16.2. The first-order chi connectivity index (χ1) is 11.7. The molecule has 0 aromatic carbocycles. The van der Waals surface area contributed by atoms with Gasteiger partial charge in [0.05, 0.1) is 6.10 Å². The number of esters is 1. The van der Waals surface area contributed by atoms with Crippen LogP contribution in [0.15, 0.2) is 23.3 Å². The van der Waals surface area contributed by atoms with Gasteiger partial charge in [0, 0.05) is 18.8 Å². The van der Waals surface area contributed by atoms with Crippen LogP contribution in [0.4, 0.5) is 0 Å². The van der Waals surface area contributed by atoms with Crippen molar-refractivity contribution in [1.82, 2.24) is 0 Å². The molecule has 1 heterocycles. The van der Waals surface area contributed by atoms with Crippen LogP contribution in [-0.2, 0) is 14.3 Å². The zero-order valence-electron chi connectivity index (χ0n) is 16.2. The largest absolute Gasteiger partial charge is 0.428 e. The SMILES string of the molecule is CO[C@H]1OC(=O)C=C1[C@@H](O)C[C@@]1(C)[C@H](C)CC[C@@]2(C)C(C)=CCC[C@H]12. The number of allylic oxidation sites excluding steroid dienone is 2. The van der Waals surface area contributed by atoms with Crippen LogP contribution in [0.2, 0.25) is 0 Å². The molecule has 3 aliphatic rings. The maximum atomic E-state index is 11.6. The molecular formula is C21H32O4. The first-order valence-corrected chi connectivity index (χ1v) is 9.52. The number of methoxy groups -OCH3 is 1. The highest BCUT2D eigenvalue weighted by Crippen LogP contribution is 2.62. The van der Waals surface area contributed by atoms with Crippen LogP contribution >= 0.6 is 0 Å². The minimum absolute atomic E-state index is 0.0205. The van der Waals surface area contributed by atoms with Crippen LogP contribution in [0.1, 0.15) is 59.8 Å². The van der Waals surface area contributed by atoms with Crippen LogP contribution in [0.5, 0.6) is 0 Å². The average molecular weight is 348 g/mol. The Bertz CT molecular complexity index is 607. The highest BCUT2D eigenvalue weighted by atomic mass is 16.7. The van der Waals surface area contributed by atoms with Gasteiger partial charge in [-0.05, 0) is 61.7 Å². The molecule has 0 bridgehead atoms. The van der Waals surface area contributed by atoms with Gasteiger partial charge in [-0.3, -0.25) is 0 Å². The van der Waals surface area contributed by atoms with Gasteiger partial charge >= 0.3 is 5.97 Å². The highest BCUT2D eigenvalue weighted by Gasteiger charge is 2.54. The number of aliphatic hydroxyl groups is 1. The van der Waals surface area contributed by atoms with Crippen molar-refractivity contribution in [3.05, 3.63) is 23.3 Å². The summed E-state index contributed by atoms with van der Waals surface area (Å²) in [5.41, 5.74) is 2.31. The van der Waals surface area contributed by atoms with Crippen LogP contribution in [0.25, 0.3) is 0 Å². The molecule has 3 rings (SSSR count). The van der Waals surface area contributed by atoms with Gasteiger partial charge in [-0.25, -0.2) is 4.79 Å². The number of rotatable bonds is 4. The lowest BCUT2D eigenvalue weighted by atomic mass is 9.46. The first-order valence-electron chi connectivity index (χ1n) is 9.52.